The van der Waals surface area contributed by atoms with Crippen LogP contribution in [0.4, 0.5) is 0 Å². The Balaban J connectivity index is 1.99. The molecule has 0 fully saturated rings. The number of hydrogen-bond acceptors (Lipinski definition) is 6. The minimum Gasteiger partial charge on any atom is -0.503 e. The highest BCUT2D eigenvalue weighted by molar-refractivity contribution is 6.15. The lowest BCUT2D eigenvalue weighted by atomic mass is 9.95. The third-order valence-electron chi connectivity index (χ3n) is 5.28. The number of nitrogens with zero attached hydrogens (tertiary/aromatic N) is 2. The van der Waals surface area contributed by atoms with Crippen LogP contribution in [-0.2, 0) is 4.79 Å². The first-order valence-electron chi connectivity index (χ1n) is 9.70. The summed E-state index contributed by atoms with van der Waals surface area (Å²) >= 11 is 0. The van der Waals surface area contributed by atoms with Crippen LogP contribution in [0.25, 0.3) is 0 Å². The van der Waals surface area contributed by atoms with Gasteiger partial charge >= 0.3 is 0 Å². The molecular formula is C22H26N2O5. The van der Waals surface area contributed by atoms with E-state index in [0.717, 1.165) is 18.7 Å². The van der Waals surface area contributed by atoms with Crippen molar-refractivity contribution in [3.8, 4) is 5.75 Å². The number of benzene rings is 1. The summed E-state index contributed by atoms with van der Waals surface area (Å²) in [6.07, 6.45) is 1.39. The molecule has 0 aliphatic carbocycles. The van der Waals surface area contributed by atoms with Crippen LogP contribution in [0.3, 0.4) is 0 Å². The van der Waals surface area contributed by atoms with Gasteiger partial charge in [-0.2, -0.15) is 0 Å². The van der Waals surface area contributed by atoms with E-state index in [9.17, 15) is 14.7 Å². The molecule has 1 aromatic carbocycles. The van der Waals surface area contributed by atoms with Crippen LogP contribution in [0.1, 0.15) is 36.0 Å². The number of ketones is 1. The van der Waals surface area contributed by atoms with Gasteiger partial charge < -0.3 is 24.1 Å². The van der Waals surface area contributed by atoms with Gasteiger partial charge in [0, 0.05) is 13.1 Å². The molecule has 29 heavy (non-hydrogen) atoms. The zero-order chi connectivity index (χ0) is 21.0. The molecule has 1 aromatic heterocycles. The zero-order valence-electron chi connectivity index (χ0n) is 16.9. The molecule has 154 valence electrons. The molecule has 7 nitrogen and oxygen atoms in total. The van der Waals surface area contributed by atoms with Crippen LogP contribution >= 0.6 is 0 Å². The van der Waals surface area contributed by atoms with Crippen molar-refractivity contribution in [2.75, 3.05) is 33.3 Å². The van der Waals surface area contributed by atoms with Crippen molar-refractivity contribution in [3.05, 3.63) is 65.3 Å². The van der Waals surface area contributed by atoms with Crippen LogP contribution in [0, 0.1) is 0 Å². The fraction of sp³-hybridized carbons (Fsp3) is 0.364. The quantitative estimate of drug-likeness (QED) is 0.653. The zero-order valence-corrected chi connectivity index (χ0v) is 16.9. The van der Waals surface area contributed by atoms with Gasteiger partial charge in [-0.25, -0.2) is 0 Å². The van der Waals surface area contributed by atoms with Gasteiger partial charge in [-0.15, -0.1) is 0 Å². The number of rotatable bonds is 9. The summed E-state index contributed by atoms with van der Waals surface area (Å²) in [6, 6.07) is 9.57. The first-order valence-corrected chi connectivity index (χ1v) is 9.70. The summed E-state index contributed by atoms with van der Waals surface area (Å²) < 4.78 is 10.4. The highest BCUT2D eigenvalue weighted by atomic mass is 16.5. The number of amides is 1. The molecule has 2 heterocycles. The number of aliphatic hydroxyl groups is 1. The number of Topliss-reactive ketones (excluding diaryl/α,β-unsaturated/α-hetero) is 1. The third kappa shape index (κ3) is 4.05. The lowest BCUT2D eigenvalue weighted by molar-refractivity contribution is -0.129. The topological polar surface area (TPSA) is 83.2 Å². The van der Waals surface area contributed by atoms with E-state index in [-0.39, 0.29) is 11.3 Å². The molecule has 2 aromatic rings. The van der Waals surface area contributed by atoms with Gasteiger partial charge in [0.05, 0.1) is 25.0 Å². The van der Waals surface area contributed by atoms with Crippen molar-refractivity contribution < 1.29 is 23.8 Å². The highest BCUT2D eigenvalue weighted by Crippen LogP contribution is 2.39. The minimum atomic E-state index is -0.693. The molecule has 0 bridgehead atoms. The van der Waals surface area contributed by atoms with Gasteiger partial charge in [-0.1, -0.05) is 26.0 Å². The van der Waals surface area contributed by atoms with Crippen LogP contribution in [0.2, 0.25) is 0 Å². The number of methoxy groups -OCH3 is 1. The lowest BCUT2D eigenvalue weighted by Crippen LogP contribution is -2.38. The van der Waals surface area contributed by atoms with E-state index in [0.29, 0.717) is 18.8 Å². The standard InChI is InChI=1S/C22H26N2O5/c1-4-23(5-2)12-13-24-19(15-8-10-16(28-3)11-9-15)18(21(26)22(24)27)20(25)17-7-6-14-29-17/h6-11,14,19,26H,4-5,12-13H2,1-3H3. The van der Waals surface area contributed by atoms with Crippen molar-refractivity contribution >= 4 is 11.7 Å². The van der Waals surface area contributed by atoms with E-state index in [1.54, 1.807) is 42.3 Å². The molecule has 1 amide bonds. The Morgan fingerprint density at radius 2 is 1.90 bits per heavy atom. The predicted molar refractivity (Wildman–Crippen MR) is 108 cm³/mol. The first-order chi connectivity index (χ1) is 14.0. The monoisotopic (exact) mass is 398 g/mol. The van der Waals surface area contributed by atoms with Crippen molar-refractivity contribution in [3.63, 3.8) is 0 Å². The van der Waals surface area contributed by atoms with Gasteiger partial charge in [0.25, 0.3) is 5.91 Å². The second kappa shape index (κ2) is 8.96. The maximum atomic E-state index is 13.0. The summed E-state index contributed by atoms with van der Waals surface area (Å²) in [5.41, 5.74) is 0.757. The van der Waals surface area contributed by atoms with E-state index < -0.39 is 23.5 Å². The normalized spacial score (nSPS) is 16.8. The molecule has 0 saturated carbocycles. The van der Waals surface area contributed by atoms with Crippen LogP contribution < -0.4 is 4.74 Å². The maximum absolute atomic E-state index is 13.0. The van der Waals surface area contributed by atoms with Crippen molar-refractivity contribution in [1.82, 2.24) is 9.80 Å². The number of ether oxygens (including phenoxy) is 1. The van der Waals surface area contributed by atoms with Crippen molar-refractivity contribution in [1.29, 1.82) is 0 Å². The van der Waals surface area contributed by atoms with Crippen LogP contribution in [0.15, 0.2) is 58.4 Å². The number of carbonyl (C=O) groups is 2. The minimum absolute atomic E-state index is 0.0367. The number of likely N-dealkylation sites (N-methyl/N-ethyl adjacent to an activating group) is 1. The number of hydrogen-bond donors (Lipinski definition) is 1. The Morgan fingerprint density at radius 3 is 2.45 bits per heavy atom. The van der Waals surface area contributed by atoms with Crippen LogP contribution in [0.5, 0.6) is 5.75 Å². The largest absolute Gasteiger partial charge is 0.503 e. The number of carbonyl (C=O) groups excluding carboxylic acids is 2. The molecule has 0 radical (unpaired) electrons. The van der Waals surface area contributed by atoms with Gasteiger partial charge in [-0.05, 0) is 42.9 Å². The molecule has 7 heteroatoms. The molecule has 1 aliphatic rings. The van der Waals surface area contributed by atoms with Crippen molar-refractivity contribution in [2.45, 2.75) is 19.9 Å². The molecule has 1 atom stereocenters. The molecule has 3 rings (SSSR count). The van der Waals surface area contributed by atoms with E-state index >= 15 is 0 Å². The maximum Gasteiger partial charge on any atom is 0.290 e. The smallest absolute Gasteiger partial charge is 0.290 e. The Labute approximate surface area is 170 Å². The fourth-order valence-corrected chi connectivity index (χ4v) is 3.58. The molecule has 1 aliphatic heterocycles. The van der Waals surface area contributed by atoms with Crippen LogP contribution in [-0.4, -0.2) is 59.9 Å². The Hall–Kier alpha value is -3.06. The molecule has 1 unspecified atom stereocenters. The second-order valence-electron chi connectivity index (χ2n) is 6.77. The predicted octanol–water partition coefficient (Wildman–Crippen LogP) is 3.21. The summed E-state index contributed by atoms with van der Waals surface area (Å²) in [6.45, 7) is 6.83. The molecular weight excluding hydrogens is 372 g/mol. The summed E-state index contributed by atoms with van der Waals surface area (Å²) in [4.78, 5) is 29.6. The molecule has 0 spiro atoms. The van der Waals surface area contributed by atoms with E-state index in [1.807, 2.05) is 0 Å². The van der Waals surface area contributed by atoms with E-state index in [4.69, 9.17) is 9.15 Å². The van der Waals surface area contributed by atoms with E-state index in [1.165, 1.54) is 12.3 Å². The van der Waals surface area contributed by atoms with Gasteiger partial charge in [0.15, 0.2) is 11.5 Å². The SMILES string of the molecule is CCN(CC)CCN1C(=O)C(O)=C(C(=O)c2ccco2)C1c1ccc(OC)cc1. The number of aliphatic hydroxyl groups excluding tert-OH is 1. The number of furan rings is 1. The Kier molecular flexibility index (Phi) is 6.39. The highest BCUT2D eigenvalue weighted by Gasteiger charge is 2.44. The fourth-order valence-electron chi connectivity index (χ4n) is 3.58. The van der Waals surface area contributed by atoms with Gasteiger partial charge in [-0.3, -0.25) is 9.59 Å². The third-order valence-corrected chi connectivity index (χ3v) is 5.28. The second-order valence-corrected chi connectivity index (χ2v) is 6.77. The Bertz CT molecular complexity index is 882. The lowest BCUT2D eigenvalue weighted by Gasteiger charge is -2.29. The first kappa shape index (κ1) is 20.7. The van der Waals surface area contributed by atoms with Gasteiger partial charge in [0.1, 0.15) is 5.75 Å². The molecule has 1 N–H and O–H groups in total. The summed E-state index contributed by atoms with van der Waals surface area (Å²) in [7, 11) is 1.57. The van der Waals surface area contributed by atoms with Crippen molar-refractivity contribution in [2.24, 2.45) is 0 Å². The average Bonchev–Trinajstić information content (AvgIpc) is 3.37. The Morgan fingerprint density at radius 1 is 1.21 bits per heavy atom. The van der Waals surface area contributed by atoms with E-state index in [2.05, 4.69) is 18.7 Å². The average molecular weight is 398 g/mol. The summed E-state index contributed by atoms with van der Waals surface area (Å²) in [5.74, 6) is -0.810. The van der Waals surface area contributed by atoms with Gasteiger partial charge in [0.2, 0.25) is 5.78 Å². The molecule has 0 saturated heterocycles. The summed E-state index contributed by atoms with van der Waals surface area (Å²) in [5, 5.41) is 10.6.